The minimum atomic E-state index is -0.175. The molecule has 74 valence electrons. The molecule has 1 N–H and O–H groups in total. The summed E-state index contributed by atoms with van der Waals surface area (Å²) in [7, 11) is 0. The summed E-state index contributed by atoms with van der Waals surface area (Å²) in [5.41, 5.74) is 2.26. The molecule has 14 heavy (non-hydrogen) atoms. The zero-order valence-corrected chi connectivity index (χ0v) is 8.63. The summed E-state index contributed by atoms with van der Waals surface area (Å²) in [4.78, 5) is 11.5. The van der Waals surface area contributed by atoms with Gasteiger partial charge in [0.1, 0.15) is 0 Å². The van der Waals surface area contributed by atoms with Crippen molar-refractivity contribution in [2.24, 2.45) is 0 Å². The predicted molar refractivity (Wildman–Crippen MR) is 55.9 cm³/mol. The first-order valence-corrected chi connectivity index (χ1v) is 5.05. The molecular formula is C12H15NO. The lowest BCUT2D eigenvalue weighted by Gasteiger charge is -2.36. The molecule has 1 aliphatic heterocycles. The van der Waals surface area contributed by atoms with E-state index >= 15 is 0 Å². The Morgan fingerprint density at radius 3 is 2.86 bits per heavy atom. The summed E-state index contributed by atoms with van der Waals surface area (Å²) < 4.78 is 0. The third-order valence-electron chi connectivity index (χ3n) is 3.09. The maximum absolute atomic E-state index is 11.5. The third-order valence-corrected chi connectivity index (χ3v) is 3.09. The van der Waals surface area contributed by atoms with E-state index in [1.165, 1.54) is 11.1 Å². The second-order valence-electron chi connectivity index (χ2n) is 4.07. The molecule has 1 atom stereocenters. The highest BCUT2D eigenvalue weighted by Crippen LogP contribution is 2.30. The molecule has 0 saturated carbocycles. The van der Waals surface area contributed by atoms with Crippen molar-refractivity contribution in [3.63, 3.8) is 0 Å². The topological polar surface area (TPSA) is 29.1 Å². The van der Waals surface area contributed by atoms with Gasteiger partial charge in [-0.1, -0.05) is 31.2 Å². The highest BCUT2D eigenvalue weighted by molar-refractivity contribution is 5.82. The quantitative estimate of drug-likeness (QED) is 0.719. The summed E-state index contributed by atoms with van der Waals surface area (Å²) >= 11 is 0. The van der Waals surface area contributed by atoms with E-state index in [-0.39, 0.29) is 11.4 Å². The molecule has 0 saturated heterocycles. The Balaban J connectivity index is 2.54. The molecule has 0 spiro atoms. The van der Waals surface area contributed by atoms with Crippen LogP contribution in [-0.4, -0.2) is 5.91 Å². The van der Waals surface area contributed by atoms with Gasteiger partial charge in [-0.05, 0) is 24.5 Å². The van der Waals surface area contributed by atoms with Gasteiger partial charge in [-0.2, -0.15) is 0 Å². The summed E-state index contributed by atoms with van der Waals surface area (Å²) in [6, 6.07) is 8.18. The summed E-state index contributed by atoms with van der Waals surface area (Å²) in [6.45, 7) is 4.19. The Bertz CT molecular complexity index is 372. The van der Waals surface area contributed by atoms with Crippen LogP contribution in [0.5, 0.6) is 0 Å². The number of hydrogen-bond donors (Lipinski definition) is 1. The molecule has 1 unspecified atom stereocenters. The smallest absolute Gasteiger partial charge is 0.225 e. The number of benzene rings is 1. The first-order valence-electron chi connectivity index (χ1n) is 5.05. The maximum Gasteiger partial charge on any atom is 0.225 e. The number of hydrogen-bond acceptors (Lipinski definition) is 1. The fourth-order valence-electron chi connectivity index (χ4n) is 2.08. The van der Waals surface area contributed by atoms with Gasteiger partial charge in [-0.3, -0.25) is 4.79 Å². The Morgan fingerprint density at radius 2 is 2.14 bits per heavy atom. The van der Waals surface area contributed by atoms with Crippen molar-refractivity contribution in [1.29, 1.82) is 0 Å². The molecule has 2 nitrogen and oxygen atoms in total. The van der Waals surface area contributed by atoms with E-state index in [2.05, 4.69) is 25.2 Å². The summed E-state index contributed by atoms with van der Waals surface area (Å²) in [5, 5.41) is 3.06. The summed E-state index contributed by atoms with van der Waals surface area (Å²) in [6.07, 6.45) is 1.45. The molecule has 1 aromatic carbocycles. The largest absolute Gasteiger partial charge is 0.347 e. The van der Waals surface area contributed by atoms with Gasteiger partial charge >= 0.3 is 0 Å². The molecule has 0 bridgehead atoms. The molecule has 1 aromatic rings. The van der Waals surface area contributed by atoms with Crippen LogP contribution in [0.2, 0.25) is 0 Å². The number of amides is 1. The van der Waals surface area contributed by atoms with Gasteiger partial charge < -0.3 is 5.32 Å². The van der Waals surface area contributed by atoms with E-state index in [4.69, 9.17) is 0 Å². The van der Waals surface area contributed by atoms with Crippen molar-refractivity contribution >= 4 is 5.91 Å². The minimum Gasteiger partial charge on any atom is -0.347 e. The number of nitrogens with one attached hydrogen (secondary N) is 1. The van der Waals surface area contributed by atoms with Crippen molar-refractivity contribution < 1.29 is 4.79 Å². The van der Waals surface area contributed by atoms with Crippen LogP contribution in [0.4, 0.5) is 0 Å². The molecule has 0 aromatic heterocycles. The van der Waals surface area contributed by atoms with Crippen LogP contribution in [0, 0.1) is 0 Å². The first kappa shape index (κ1) is 9.25. The lowest BCUT2D eigenvalue weighted by atomic mass is 9.82. The molecule has 1 aliphatic rings. The van der Waals surface area contributed by atoms with Crippen LogP contribution >= 0.6 is 0 Å². The highest BCUT2D eigenvalue weighted by atomic mass is 16.1. The van der Waals surface area contributed by atoms with Gasteiger partial charge in [0.05, 0.1) is 12.0 Å². The van der Waals surface area contributed by atoms with Gasteiger partial charge in [0.25, 0.3) is 0 Å². The molecule has 0 aliphatic carbocycles. The van der Waals surface area contributed by atoms with E-state index in [1.54, 1.807) is 0 Å². The Hall–Kier alpha value is -1.31. The van der Waals surface area contributed by atoms with Crippen LogP contribution in [0.25, 0.3) is 0 Å². The predicted octanol–water partition coefficient (Wildman–Crippen LogP) is 1.98. The molecular weight excluding hydrogens is 174 g/mol. The monoisotopic (exact) mass is 189 g/mol. The van der Waals surface area contributed by atoms with Gasteiger partial charge in [-0.25, -0.2) is 0 Å². The normalized spacial score (nSPS) is 25.4. The Kier molecular flexibility index (Phi) is 2.06. The molecule has 1 amide bonds. The standard InChI is InChI=1S/C12H15NO/c1-3-12(2)10-7-5-4-6-9(10)8-11(14)13-12/h4-7H,3,8H2,1-2H3,(H,13,14). The molecule has 2 heteroatoms. The summed E-state index contributed by atoms with van der Waals surface area (Å²) in [5.74, 6) is 0.132. The van der Waals surface area contributed by atoms with E-state index < -0.39 is 0 Å². The lowest BCUT2D eigenvalue weighted by molar-refractivity contribution is -0.123. The molecule has 2 rings (SSSR count). The van der Waals surface area contributed by atoms with E-state index in [1.807, 2.05) is 18.2 Å². The van der Waals surface area contributed by atoms with Crippen molar-refractivity contribution in [3.05, 3.63) is 35.4 Å². The Morgan fingerprint density at radius 1 is 1.43 bits per heavy atom. The fraction of sp³-hybridized carbons (Fsp3) is 0.417. The van der Waals surface area contributed by atoms with Gasteiger partial charge in [0.15, 0.2) is 0 Å². The van der Waals surface area contributed by atoms with Crippen LogP contribution in [0.1, 0.15) is 31.4 Å². The van der Waals surface area contributed by atoms with Crippen molar-refractivity contribution in [2.75, 3.05) is 0 Å². The SMILES string of the molecule is CCC1(C)NC(=O)Cc2ccccc21. The number of fused-ring (bicyclic) bond motifs is 1. The van der Waals surface area contributed by atoms with Gasteiger partial charge in [-0.15, -0.1) is 0 Å². The van der Waals surface area contributed by atoms with E-state index in [0.29, 0.717) is 6.42 Å². The third kappa shape index (κ3) is 1.31. The van der Waals surface area contributed by atoms with Crippen LogP contribution in [-0.2, 0) is 16.8 Å². The van der Waals surface area contributed by atoms with Crippen LogP contribution in [0.15, 0.2) is 24.3 Å². The lowest BCUT2D eigenvalue weighted by Crippen LogP contribution is -2.48. The second kappa shape index (κ2) is 3.12. The zero-order chi connectivity index (χ0) is 10.2. The molecule has 1 heterocycles. The number of rotatable bonds is 1. The van der Waals surface area contributed by atoms with E-state index in [9.17, 15) is 4.79 Å². The van der Waals surface area contributed by atoms with Gasteiger partial charge in [0, 0.05) is 0 Å². The van der Waals surface area contributed by atoms with Crippen molar-refractivity contribution in [3.8, 4) is 0 Å². The first-order chi connectivity index (χ1) is 6.65. The average Bonchev–Trinajstić information content (AvgIpc) is 2.17. The second-order valence-corrected chi connectivity index (χ2v) is 4.07. The minimum absolute atomic E-state index is 0.132. The maximum atomic E-state index is 11.5. The van der Waals surface area contributed by atoms with Crippen LogP contribution in [0.3, 0.4) is 0 Å². The fourth-order valence-corrected chi connectivity index (χ4v) is 2.08. The highest BCUT2D eigenvalue weighted by Gasteiger charge is 2.32. The number of carbonyl (C=O) groups is 1. The van der Waals surface area contributed by atoms with Crippen molar-refractivity contribution in [2.45, 2.75) is 32.2 Å². The van der Waals surface area contributed by atoms with Crippen molar-refractivity contribution in [1.82, 2.24) is 5.32 Å². The average molecular weight is 189 g/mol. The number of carbonyl (C=O) groups excluding carboxylic acids is 1. The molecule has 0 fully saturated rings. The van der Waals surface area contributed by atoms with E-state index in [0.717, 1.165) is 6.42 Å². The molecule has 0 radical (unpaired) electrons. The zero-order valence-electron chi connectivity index (χ0n) is 8.63. The van der Waals surface area contributed by atoms with Crippen LogP contribution < -0.4 is 5.32 Å². The Labute approximate surface area is 84.3 Å². The van der Waals surface area contributed by atoms with Gasteiger partial charge in [0.2, 0.25) is 5.91 Å².